The van der Waals surface area contributed by atoms with Crippen molar-refractivity contribution < 1.29 is 17.7 Å². The fourth-order valence-corrected chi connectivity index (χ4v) is 4.30. The van der Waals surface area contributed by atoms with Gasteiger partial charge < -0.3 is 9.84 Å². The van der Waals surface area contributed by atoms with Crippen LogP contribution in [0.4, 0.5) is 11.4 Å². The van der Waals surface area contributed by atoms with Gasteiger partial charge in [-0.15, -0.1) is 0 Å². The van der Waals surface area contributed by atoms with Crippen molar-refractivity contribution in [3.63, 3.8) is 0 Å². The van der Waals surface area contributed by atoms with Gasteiger partial charge in [0.2, 0.25) is 17.6 Å². The van der Waals surface area contributed by atoms with Crippen molar-refractivity contribution in [3.05, 3.63) is 90.3 Å². The number of aryl methyl sites for hydroxylation is 2. The van der Waals surface area contributed by atoms with Crippen molar-refractivity contribution in [2.24, 2.45) is 0 Å². The zero-order chi connectivity index (χ0) is 24.0. The monoisotopic (exact) mass is 476 g/mol. The number of aromatic nitrogens is 2. The van der Waals surface area contributed by atoms with E-state index in [4.69, 9.17) is 4.52 Å². The van der Waals surface area contributed by atoms with Crippen LogP contribution in [0.1, 0.15) is 24.3 Å². The maximum absolute atomic E-state index is 12.6. The van der Waals surface area contributed by atoms with Crippen LogP contribution in [0.25, 0.3) is 11.4 Å². The summed E-state index contributed by atoms with van der Waals surface area (Å²) in [6.07, 6.45) is 1.28. The molecule has 0 unspecified atom stereocenters. The molecule has 0 atom stereocenters. The minimum absolute atomic E-state index is 0.108. The molecule has 34 heavy (non-hydrogen) atoms. The van der Waals surface area contributed by atoms with Gasteiger partial charge in [0.25, 0.3) is 10.0 Å². The molecule has 0 saturated carbocycles. The fourth-order valence-electron chi connectivity index (χ4n) is 3.24. The first-order valence-corrected chi connectivity index (χ1v) is 12.2. The van der Waals surface area contributed by atoms with Crippen LogP contribution < -0.4 is 10.0 Å². The van der Waals surface area contributed by atoms with Crippen molar-refractivity contribution in [2.75, 3.05) is 10.0 Å². The standard InChI is InChI=1S/C25H24N4O4S/c1-18-10-12-21(13-11-18)29-34(31,32)22-16-14-20(15-17-22)26-23(30)8-5-9-24-27-25(28-33-24)19-6-3-2-4-7-19/h2-4,6-7,10-17,29H,5,8-9H2,1H3,(H,26,30). The average molecular weight is 477 g/mol. The highest BCUT2D eigenvalue weighted by molar-refractivity contribution is 7.92. The second kappa shape index (κ2) is 10.3. The Balaban J connectivity index is 1.26. The summed E-state index contributed by atoms with van der Waals surface area (Å²) in [4.78, 5) is 16.7. The second-order valence-corrected chi connectivity index (χ2v) is 9.46. The Kier molecular flexibility index (Phi) is 7.03. The Labute approximate surface area is 198 Å². The Morgan fingerprint density at radius 3 is 2.29 bits per heavy atom. The van der Waals surface area contributed by atoms with E-state index < -0.39 is 10.0 Å². The number of anilines is 2. The number of rotatable bonds is 9. The highest BCUT2D eigenvalue weighted by Gasteiger charge is 2.15. The first-order valence-electron chi connectivity index (χ1n) is 10.8. The molecule has 2 N–H and O–H groups in total. The molecule has 4 rings (SSSR count). The third-order valence-electron chi connectivity index (χ3n) is 5.05. The molecule has 1 aromatic heterocycles. The van der Waals surface area contributed by atoms with E-state index in [0.29, 0.717) is 35.9 Å². The van der Waals surface area contributed by atoms with Crippen molar-refractivity contribution in [1.82, 2.24) is 10.1 Å². The van der Waals surface area contributed by atoms with Crippen LogP contribution >= 0.6 is 0 Å². The SMILES string of the molecule is Cc1ccc(NS(=O)(=O)c2ccc(NC(=O)CCCc3nc(-c4ccccc4)no3)cc2)cc1. The van der Waals surface area contributed by atoms with Crippen LogP contribution in [0.5, 0.6) is 0 Å². The van der Waals surface area contributed by atoms with E-state index in [1.807, 2.05) is 49.4 Å². The lowest BCUT2D eigenvalue weighted by Gasteiger charge is -2.10. The number of benzene rings is 3. The Morgan fingerprint density at radius 2 is 1.59 bits per heavy atom. The maximum atomic E-state index is 12.6. The maximum Gasteiger partial charge on any atom is 0.261 e. The molecule has 0 spiro atoms. The fraction of sp³-hybridized carbons (Fsp3) is 0.160. The first-order chi connectivity index (χ1) is 16.4. The van der Waals surface area contributed by atoms with E-state index in [2.05, 4.69) is 20.2 Å². The predicted molar refractivity (Wildman–Crippen MR) is 130 cm³/mol. The van der Waals surface area contributed by atoms with Gasteiger partial charge in [-0.05, 0) is 49.7 Å². The van der Waals surface area contributed by atoms with Crippen LogP contribution in [0.15, 0.2) is 88.3 Å². The summed E-state index contributed by atoms with van der Waals surface area (Å²) in [5.74, 6) is 0.811. The minimum atomic E-state index is -3.72. The number of nitrogens with one attached hydrogen (secondary N) is 2. The average Bonchev–Trinajstić information content (AvgIpc) is 3.30. The minimum Gasteiger partial charge on any atom is -0.339 e. The van der Waals surface area contributed by atoms with Gasteiger partial charge in [0, 0.05) is 29.8 Å². The molecular formula is C25H24N4O4S. The zero-order valence-electron chi connectivity index (χ0n) is 18.6. The molecule has 8 nitrogen and oxygen atoms in total. The second-order valence-electron chi connectivity index (χ2n) is 7.78. The first kappa shape index (κ1) is 23.2. The van der Waals surface area contributed by atoms with E-state index in [1.54, 1.807) is 24.3 Å². The van der Waals surface area contributed by atoms with E-state index in [-0.39, 0.29) is 17.2 Å². The molecule has 1 heterocycles. The van der Waals surface area contributed by atoms with Crippen LogP contribution in [-0.4, -0.2) is 24.5 Å². The third kappa shape index (κ3) is 6.08. The quantitative estimate of drug-likeness (QED) is 0.358. The molecule has 0 radical (unpaired) electrons. The molecular weight excluding hydrogens is 452 g/mol. The zero-order valence-corrected chi connectivity index (χ0v) is 19.4. The van der Waals surface area contributed by atoms with Crippen molar-refractivity contribution in [2.45, 2.75) is 31.1 Å². The van der Waals surface area contributed by atoms with Crippen LogP contribution in [0, 0.1) is 6.92 Å². The van der Waals surface area contributed by atoms with Crippen LogP contribution in [-0.2, 0) is 21.2 Å². The number of carbonyl (C=O) groups excluding carboxylic acids is 1. The topological polar surface area (TPSA) is 114 Å². The molecule has 9 heteroatoms. The summed E-state index contributed by atoms with van der Waals surface area (Å²) in [5.41, 5.74) is 2.91. The molecule has 0 aliphatic heterocycles. The number of hydrogen-bond acceptors (Lipinski definition) is 6. The van der Waals surface area contributed by atoms with Crippen molar-refractivity contribution in [3.8, 4) is 11.4 Å². The number of nitrogens with zero attached hydrogens (tertiary/aromatic N) is 2. The van der Waals surface area contributed by atoms with Gasteiger partial charge in [0.15, 0.2) is 0 Å². The molecule has 174 valence electrons. The Hall–Kier alpha value is -3.98. The van der Waals surface area contributed by atoms with Crippen LogP contribution in [0.3, 0.4) is 0 Å². The van der Waals surface area contributed by atoms with Crippen molar-refractivity contribution in [1.29, 1.82) is 0 Å². The molecule has 0 aliphatic carbocycles. The van der Waals surface area contributed by atoms with Gasteiger partial charge in [0.1, 0.15) is 0 Å². The lowest BCUT2D eigenvalue weighted by atomic mass is 10.2. The van der Waals surface area contributed by atoms with E-state index in [9.17, 15) is 13.2 Å². The number of sulfonamides is 1. The Morgan fingerprint density at radius 1 is 0.912 bits per heavy atom. The lowest BCUT2D eigenvalue weighted by Crippen LogP contribution is -2.14. The summed E-state index contributed by atoms with van der Waals surface area (Å²) in [6, 6.07) is 22.6. The van der Waals surface area contributed by atoms with Crippen molar-refractivity contribution >= 4 is 27.3 Å². The van der Waals surface area contributed by atoms with Gasteiger partial charge in [-0.1, -0.05) is 53.2 Å². The van der Waals surface area contributed by atoms with E-state index in [1.165, 1.54) is 12.1 Å². The van der Waals surface area contributed by atoms with Gasteiger partial charge in [-0.25, -0.2) is 8.42 Å². The molecule has 1 amide bonds. The van der Waals surface area contributed by atoms with Gasteiger partial charge in [-0.3, -0.25) is 9.52 Å². The Bertz CT molecular complexity index is 1350. The summed E-state index contributed by atoms with van der Waals surface area (Å²) in [7, 11) is -3.72. The third-order valence-corrected chi connectivity index (χ3v) is 6.44. The lowest BCUT2D eigenvalue weighted by molar-refractivity contribution is -0.116. The normalized spacial score (nSPS) is 11.2. The molecule has 0 saturated heterocycles. The summed E-state index contributed by atoms with van der Waals surface area (Å²) < 4.78 is 32.9. The highest BCUT2D eigenvalue weighted by atomic mass is 32.2. The largest absolute Gasteiger partial charge is 0.339 e. The molecule has 0 aliphatic rings. The molecule has 0 bridgehead atoms. The molecule has 4 aromatic rings. The van der Waals surface area contributed by atoms with Gasteiger partial charge in [-0.2, -0.15) is 4.98 Å². The van der Waals surface area contributed by atoms with E-state index >= 15 is 0 Å². The van der Waals surface area contributed by atoms with Gasteiger partial charge in [0.05, 0.1) is 4.90 Å². The predicted octanol–water partition coefficient (Wildman–Crippen LogP) is 4.81. The molecule has 3 aromatic carbocycles. The number of hydrogen-bond donors (Lipinski definition) is 2. The molecule has 0 fully saturated rings. The van der Waals surface area contributed by atoms with Gasteiger partial charge >= 0.3 is 0 Å². The summed E-state index contributed by atoms with van der Waals surface area (Å²) >= 11 is 0. The number of carbonyl (C=O) groups is 1. The summed E-state index contributed by atoms with van der Waals surface area (Å²) in [5, 5.41) is 6.74. The highest BCUT2D eigenvalue weighted by Crippen LogP contribution is 2.19. The number of amides is 1. The smallest absolute Gasteiger partial charge is 0.261 e. The van der Waals surface area contributed by atoms with Crippen LogP contribution in [0.2, 0.25) is 0 Å². The summed E-state index contributed by atoms with van der Waals surface area (Å²) in [6.45, 7) is 1.93. The van der Waals surface area contributed by atoms with E-state index in [0.717, 1.165) is 11.1 Å².